The summed E-state index contributed by atoms with van der Waals surface area (Å²) in [7, 11) is 0. The molecule has 2 saturated heterocycles. The number of furan rings is 1. The zero-order valence-corrected chi connectivity index (χ0v) is 8.82. The Morgan fingerprint density at radius 3 is 3.07 bits per heavy atom. The molecular weight excluding hydrogens is 190 g/mol. The number of nitrogens with one attached hydrogen (secondary N) is 1. The third-order valence-corrected chi connectivity index (χ3v) is 3.55. The van der Waals surface area contributed by atoms with Gasteiger partial charge >= 0.3 is 0 Å². The summed E-state index contributed by atoms with van der Waals surface area (Å²) < 4.78 is 10.8. The van der Waals surface area contributed by atoms with E-state index < -0.39 is 0 Å². The fourth-order valence-electron chi connectivity index (χ4n) is 2.75. The minimum Gasteiger partial charge on any atom is -0.472 e. The second-order valence-electron chi connectivity index (χ2n) is 4.63. The van der Waals surface area contributed by atoms with Gasteiger partial charge in [-0.1, -0.05) is 0 Å². The summed E-state index contributed by atoms with van der Waals surface area (Å²) in [6.07, 6.45) is 8.42. The molecule has 0 radical (unpaired) electrons. The first-order chi connectivity index (χ1) is 7.42. The summed E-state index contributed by atoms with van der Waals surface area (Å²) >= 11 is 0. The highest BCUT2D eigenvalue weighted by molar-refractivity contribution is 5.04. The summed E-state index contributed by atoms with van der Waals surface area (Å²) in [5.41, 5.74) is 1.22. The van der Waals surface area contributed by atoms with E-state index in [-0.39, 0.29) is 0 Å². The minimum absolute atomic E-state index is 0.534. The average Bonchev–Trinajstić information content (AvgIpc) is 2.93. The lowest BCUT2D eigenvalue weighted by molar-refractivity contribution is 0.0924. The first-order valence-electron chi connectivity index (χ1n) is 5.79. The monoisotopic (exact) mass is 207 g/mol. The normalized spacial score (nSPS) is 33.7. The van der Waals surface area contributed by atoms with Gasteiger partial charge in [0.15, 0.2) is 0 Å². The number of rotatable bonds is 4. The summed E-state index contributed by atoms with van der Waals surface area (Å²) in [5, 5.41) is 3.47. The molecule has 2 aliphatic heterocycles. The molecule has 0 saturated carbocycles. The van der Waals surface area contributed by atoms with Gasteiger partial charge in [-0.3, -0.25) is 0 Å². The van der Waals surface area contributed by atoms with Crippen LogP contribution in [-0.4, -0.2) is 18.8 Å². The van der Waals surface area contributed by atoms with Crippen LogP contribution in [0.2, 0.25) is 0 Å². The number of hydrogen-bond acceptors (Lipinski definition) is 3. The molecule has 3 atom stereocenters. The third kappa shape index (κ3) is 1.94. The maximum absolute atomic E-state index is 5.81. The summed E-state index contributed by atoms with van der Waals surface area (Å²) in [6.45, 7) is 1.98. The Morgan fingerprint density at radius 2 is 2.40 bits per heavy atom. The van der Waals surface area contributed by atoms with Crippen molar-refractivity contribution in [3.8, 4) is 0 Å². The summed E-state index contributed by atoms with van der Waals surface area (Å²) in [5.74, 6) is 0.732. The Bertz CT molecular complexity index is 309. The highest BCUT2D eigenvalue weighted by Crippen LogP contribution is 2.38. The topological polar surface area (TPSA) is 34.4 Å². The molecule has 3 heteroatoms. The molecule has 0 amide bonds. The Morgan fingerprint density at radius 1 is 1.40 bits per heavy atom. The minimum atomic E-state index is 0.534. The Kier molecular flexibility index (Phi) is 2.51. The molecule has 2 bridgehead atoms. The largest absolute Gasteiger partial charge is 0.472 e. The quantitative estimate of drug-likeness (QED) is 0.819. The van der Waals surface area contributed by atoms with Crippen molar-refractivity contribution in [3.05, 3.63) is 24.2 Å². The van der Waals surface area contributed by atoms with Crippen LogP contribution < -0.4 is 5.32 Å². The zero-order valence-electron chi connectivity index (χ0n) is 8.82. The first-order valence-corrected chi connectivity index (χ1v) is 5.79. The van der Waals surface area contributed by atoms with Gasteiger partial charge in [-0.05, 0) is 25.3 Å². The van der Waals surface area contributed by atoms with E-state index in [0.29, 0.717) is 12.2 Å². The van der Waals surface area contributed by atoms with Crippen molar-refractivity contribution in [2.45, 2.75) is 38.0 Å². The predicted octanol–water partition coefficient (Wildman–Crippen LogP) is 1.94. The molecule has 0 aliphatic carbocycles. The zero-order chi connectivity index (χ0) is 10.1. The molecule has 1 aromatic heterocycles. The molecule has 15 heavy (non-hydrogen) atoms. The highest BCUT2D eigenvalue weighted by Gasteiger charge is 2.40. The summed E-state index contributed by atoms with van der Waals surface area (Å²) in [4.78, 5) is 0. The molecule has 0 spiro atoms. The van der Waals surface area contributed by atoms with Gasteiger partial charge < -0.3 is 14.5 Å². The van der Waals surface area contributed by atoms with Crippen LogP contribution in [0.3, 0.4) is 0 Å². The van der Waals surface area contributed by atoms with Crippen molar-refractivity contribution >= 4 is 0 Å². The van der Waals surface area contributed by atoms with Crippen LogP contribution in [0, 0.1) is 5.92 Å². The van der Waals surface area contributed by atoms with Crippen LogP contribution in [0.5, 0.6) is 0 Å². The van der Waals surface area contributed by atoms with Crippen LogP contribution >= 0.6 is 0 Å². The fourth-order valence-corrected chi connectivity index (χ4v) is 2.75. The Labute approximate surface area is 89.8 Å². The van der Waals surface area contributed by atoms with E-state index in [1.165, 1.54) is 24.8 Å². The lowest BCUT2D eigenvalue weighted by Gasteiger charge is -2.18. The molecule has 0 aromatic carbocycles. The molecule has 3 heterocycles. The molecule has 2 aliphatic rings. The van der Waals surface area contributed by atoms with Gasteiger partial charge in [0.05, 0.1) is 24.7 Å². The summed E-state index contributed by atoms with van der Waals surface area (Å²) in [6, 6.07) is 2.00. The van der Waals surface area contributed by atoms with Gasteiger partial charge in [0.1, 0.15) is 0 Å². The lowest BCUT2D eigenvalue weighted by atomic mass is 9.89. The fraction of sp³-hybridized carbons (Fsp3) is 0.667. The van der Waals surface area contributed by atoms with Gasteiger partial charge in [0, 0.05) is 24.6 Å². The van der Waals surface area contributed by atoms with Gasteiger partial charge in [-0.25, -0.2) is 0 Å². The van der Waals surface area contributed by atoms with Crippen molar-refractivity contribution in [3.63, 3.8) is 0 Å². The molecule has 3 unspecified atom stereocenters. The van der Waals surface area contributed by atoms with Gasteiger partial charge in [-0.2, -0.15) is 0 Å². The van der Waals surface area contributed by atoms with E-state index in [1.54, 1.807) is 12.5 Å². The number of fused-ring (bicyclic) bond motifs is 2. The molecule has 1 aromatic rings. The Balaban J connectivity index is 1.43. The van der Waals surface area contributed by atoms with Crippen LogP contribution in [0.25, 0.3) is 0 Å². The highest BCUT2D eigenvalue weighted by atomic mass is 16.5. The second kappa shape index (κ2) is 3.99. The van der Waals surface area contributed by atoms with Crippen LogP contribution in [0.15, 0.2) is 23.0 Å². The van der Waals surface area contributed by atoms with Crippen molar-refractivity contribution in [1.29, 1.82) is 0 Å². The second-order valence-corrected chi connectivity index (χ2v) is 4.63. The van der Waals surface area contributed by atoms with Crippen molar-refractivity contribution in [2.75, 3.05) is 6.54 Å². The standard InChI is InChI=1S/C12H17NO2/c1-2-12-10(5-11(1)15-12)7-13-6-9-3-4-14-8-9/h3-4,8,10-13H,1-2,5-7H2. The van der Waals surface area contributed by atoms with Crippen molar-refractivity contribution in [1.82, 2.24) is 5.32 Å². The molecule has 3 rings (SSSR count). The SMILES string of the molecule is c1cc(CNCC2CC3CCC2O3)co1. The number of ether oxygens (including phenoxy) is 1. The van der Waals surface area contributed by atoms with Gasteiger partial charge in [0.2, 0.25) is 0 Å². The van der Waals surface area contributed by atoms with Crippen LogP contribution in [0.1, 0.15) is 24.8 Å². The number of hydrogen-bond donors (Lipinski definition) is 1. The molecular formula is C12H17NO2. The van der Waals surface area contributed by atoms with Crippen molar-refractivity contribution < 1.29 is 9.15 Å². The smallest absolute Gasteiger partial charge is 0.0947 e. The molecule has 1 N–H and O–H groups in total. The van der Waals surface area contributed by atoms with E-state index in [1.807, 2.05) is 6.07 Å². The van der Waals surface area contributed by atoms with E-state index in [0.717, 1.165) is 19.0 Å². The van der Waals surface area contributed by atoms with E-state index in [2.05, 4.69) is 5.32 Å². The van der Waals surface area contributed by atoms with Gasteiger partial charge in [0.25, 0.3) is 0 Å². The van der Waals surface area contributed by atoms with Gasteiger partial charge in [-0.15, -0.1) is 0 Å². The van der Waals surface area contributed by atoms with E-state index in [4.69, 9.17) is 9.15 Å². The molecule has 2 fully saturated rings. The molecule has 3 nitrogen and oxygen atoms in total. The third-order valence-electron chi connectivity index (χ3n) is 3.55. The van der Waals surface area contributed by atoms with Crippen LogP contribution in [-0.2, 0) is 11.3 Å². The van der Waals surface area contributed by atoms with Crippen molar-refractivity contribution in [2.24, 2.45) is 5.92 Å². The molecule has 82 valence electrons. The predicted molar refractivity (Wildman–Crippen MR) is 56.4 cm³/mol. The maximum Gasteiger partial charge on any atom is 0.0947 e. The van der Waals surface area contributed by atoms with Crippen LogP contribution in [0.4, 0.5) is 0 Å². The van der Waals surface area contributed by atoms with E-state index >= 15 is 0 Å². The van der Waals surface area contributed by atoms with E-state index in [9.17, 15) is 0 Å². The Hall–Kier alpha value is -0.800. The average molecular weight is 207 g/mol. The maximum atomic E-state index is 5.81. The first kappa shape index (κ1) is 9.43. The lowest BCUT2D eigenvalue weighted by Crippen LogP contribution is -2.29.